The lowest BCUT2D eigenvalue weighted by Gasteiger charge is -2.19. The Labute approximate surface area is 110 Å². The minimum absolute atomic E-state index is 0.644. The van der Waals surface area contributed by atoms with E-state index in [4.69, 9.17) is 0 Å². The standard InChI is InChI=1S/C15H23N3/c1-5-18(4)15-7-6-13(8-14(15)9-16)11-17-10-12(2)3/h6-8,12,17H,5,10-11H2,1-4H3. The number of hydrogen-bond acceptors (Lipinski definition) is 3. The summed E-state index contributed by atoms with van der Waals surface area (Å²) in [5.41, 5.74) is 2.93. The first-order valence-corrected chi connectivity index (χ1v) is 6.53. The Hall–Kier alpha value is -1.53. The first-order valence-electron chi connectivity index (χ1n) is 6.53. The monoisotopic (exact) mass is 245 g/mol. The van der Waals surface area contributed by atoms with Gasteiger partial charge >= 0.3 is 0 Å². The van der Waals surface area contributed by atoms with Gasteiger partial charge in [0.2, 0.25) is 0 Å². The Balaban J connectivity index is 2.76. The highest BCUT2D eigenvalue weighted by Gasteiger charge is 2.06. The predicted molar refractivity (Wildman–Crippen MR) is 76.6 cm³/mol. The van der Waals surface area contributed by atoms with Crippen LogP contribution in [0.2, 0.25) is 0 Å². The third-order valence-corrected chi connectivity index (χ3v) is 2.95. The van der Waals surface area contributed by atoms with Crippen molar-refractivity contribution >= 4 is 5.69 Å². The lowest BCUT2D eigenvalue weighted by molar-refractivity contribution is 0.552. The largest absolute Gasteiger partial charge is 0.374 e. The first kappa shape index (κ1) is 14.5. The molecule has 3 heteroatoms. The third-order valence-electron chi connectivity index (χ3n) is 2.95. The average molecular weight is 245 g/mol. The predicted octanol–water partition coefficient (Wildman–Crippen LogP) is 2.76. The van der Waals surface area contributed by atoms with Gasteiger partial charge in [0.25, 0.3) is 0 Å². The molecule has 0 aliphatic heterocycles. The van der Waals surface area contributed by atoms with Crippen molar-refractivity contribution < 1.29 is 0 Å². The van der Waals surface area contributed by atoms with Crippen molar-refractivity contribution in [2.24, 2.45) is 5.92 Å². The summed E-state index contributed by atoms with van der Waals surface area (Å²) in [6.07, 6.45) is 0. The number of rotatable bonds is 6. The molecule has 0 aliphatic rings. The number of anilines is 1. The zero-order valence-corrected chi connectivity index (χ0v) is 11.8. The quantitative estimate of drug-likeness (QED) is 0.837. The maximum atomic E-state index is 9.20. The maximum Gasteiger partial charge on any atom is 0.101 e. The Morgan fingerprint density at radius 1 is 1.39 bits per heavy atom. The van der Waals surface area contributed by atoms with Gasteiger partial charge < -0.3 is 10.2 Å². The van der Waals surface area contributed by atoms with Gasteiger partial charge in [0, 0.05) is 20.1 Å². The van der Waals surface area contributed by atoms with Crippen molar-refractivity contribution in [3.63, 3.8) is 0 Å². The molecule has 0 saturated heterocycles. The molecule has 0 spiro atoms. The van der Waals surface area contributed by atoms with Gasteiger partial charge in [-0.15, -0.1) is 0 Å². The number of nitrogens with zero attached hydrogens (tertiary/aromatic N) is 2. The van der Waals surface area contributed by atoms with E-state index in [0.29, 0.717) is 5.92 Å². The summed E-state index contributed by atoms with van der Waals surface area (Å²) in [6.45, 7) is 9.18. The molecule has 0 radical (unpaired) electrons. The van der Waals surface area contributed by atoms with E-state index in [-0.39, 0.29) is 0 Å². The molecule has 0 atom stereocenters. The van der Waals surface area contributed by atoms with E-state index in [1.54, 1.807) is 0 Å². The van der Waals surface area contributed by atoms with Gasteiger partial charge in [-0.1, -0.05) is 19.9 Å². The first-order chi connectivity index (χ1) is 8.58. The summed E-state index contributed by atoms with van der Waals surface area (Å²) in [7, 11) is 2.01. The van der Waals surface area contributed by atoms with Crippen molar-refractivity contribution in [2.75, 3.05) is 25.0 Å². The van der Waals surface area contributed by atoms with Crippen LogP contribution in [0.3, 0.4) is 0 Å². The van der Waals surface area contributed by atoms with Crippen LogP contribution in [0.15, 0.2) is 18.2 Å². The Bertz CT molecular complexity index is 418. The normalized spacial score (nSPS) is 10.4. The molecule has 1 aromatic carbocycles. The Kier molecular flexibility index (Phi) is 5.67. The van der Waals surface area contributed by atoms with E-state index in [2.05, 4.69) is 43.1 Å². The second-order valence-corrected chi connectivity index (χ2v) is 5.00. The molecule has 0 bridgehead atoms. The van der Waals surface area contributed by atoms with Crippen LogP contribution in [-0.2, 0) is 6.54 Å². The van der Waals surface area contributed by atoms with Crippen molar-refractivity contribution in [3.05, 3.63) is 29.3 Å². The highest BCUT2D eigenvalue weighted by atomic mass is 15.1. The molecule has 0 unspecified atom stereocenters. The molecule has 18 heavy (non-hydrogen) atoms. The number of benzene rings is 1. The van der Waals surface area contributed by atoms with Crippen molar-refractivity contribution in [2.45, 2.75) is 27.3 Å². The van der Waals surface area contributed by atoms with Gasteiger partial charge in [0.1, 0.15) is 6.07 Å². The Morgan fingerprint density at radius 3 is 2.67 bits per heavy atom. The van der Waals surface area contributed by atoms with Gasteiger partial charge in [-0.3, -0.25) is 0 Å². The fourth-order valence-corrected chi connectivity index (χ4v) is 1.79. The fraction of sp³-hybridized carbons (Fsp3) is 0.533. The molecule has 0 aliphatic carbocycles. The Morgan fingerprint density at radius 2 is 2.11 bits per heavy atom. The van der Waals surface area contributed by atoms with Gasteiger partial charge in [-0.2, -0.15) is 5.26 Å². The minimum atomic E-state index is 0.644. The number of nitriles is 1. The molecule has 0 heterocycles. The van der Waals surface area contributed by atoms with E-state index in [0.717, 1.165) is 30.9 Å². The van der Waals surface area contributed by atoms with Crippen LogP contribution < -0.4 is 10.2 Å². The molecule has 1 rings (SSSR count). The number of hydrogen-bond donors (Lipinski definition) is 1. The zero-order valence-electron chi connectivity index (χ0n) is 11.8. The molecule has 0 saturated carbocycles. The maximum absolute atomic E-state index is 9.20. The summed E-state index contributed by atoms with van der Waals surface area (Å²) in [6, 6.07) is 8.39. The zero-order chi connectivity index (χ0) is 13.5. The lowest BCUT2D eigenvalue weighted by Crippen LogP contribution is -2.20. The molecular formula is C15H23N3. The van der Waals surface area contributed by atoms with Crippen LogP contribution in [0.25, 0.3) is 0 Å². The summed E-state index contributed by atoms with van der Waals surface area (Å²) >= 11 is 0. The topological polar surface area (TPSA) is 39.1 Å². The van der Waals surface area contributed by atoms with Gasteiger partial charge in [0.15, 0.2) is 0 Å². The third kappa shape index (κ3) is 4.05. The van der Waals surface area contributed by atoms with E-state index < -0.39 is 0 Å². The summed E-state index contributed by atoms with van der Waals surface area (Å²) < 4.78 is 0. The molecule has 0 fully saturated rings. The fourth-order valence-electron chi connectivity index (χ4n) is 1.79. The van der Waals surface area contributed by atoms with Crippen LogP contribution in [0, 0.1) is 17.2 Å². The summed E-state index contributed by atoms with van der Waals surface area (Å²) in [5.74, 6) is 0.644. The molecule has 1 N–H and O–H groups in total. The molecule has 0 aromatic heterocycles. The van der Waals surface area contributed by atoms with Crippen LogP contribution >= 0.6 is 0 Å². The molecule has 98 valence electrons. The lowest BCUT2D eigenvalue weighted by atomic mass is 10.1. The van der Waals surface area contributed by atoms with Crippen molar-refractivity contribution in [1.29, 1.82) is 5.26 Å². The second kappa shape index (κ2) is 7.03. The molecular weight excluding hydrogens is 222 g/mol. The van der Waals surface area contributed by atoms with Crippen molar-refractivity contribution in [3.8, 4) is 6.07 Å². The van der Waals surface area contributed by atoms with Gasteiger partial charge in [-0.25, -0.2) is 0 Å². The smallest absolute Gasteiger partial charge is 0.101 e. The highest BCUT2D eigenvalue weighted by molar-refractivity contribution is 5.60. The summed E-state index contributed by atoms with van der Waals surface area (Å²) in [4.78, 5) is 2.09. The molecule has 1 aromatic rings. The second-order valence-electron chi connectivity index (χ2n) is 5.00. The molecule has 0 amide bonds. The molecule has 3 nitrogen and oxygen atoms in total. The van der Waals surface area contributed by atoms with E-state index in [1.807, 2.05) is 19.2 Å². The van der Waals surface area contributed by atoms with Crippen LogP contribution in [0.1, 0.15) is 31.9 Å². The van der Waals surface area contributed by atoms with Gasteiger partial charge in [0.05, 0.1) is 11.3 Å². The van der Waals surface area contributed by atoms with Crippen LogP contribution in [0.4, 0.5) is 5.69 Å². The highest BCUT2D eigenvalue weighted by Crippen LogP contribution is 2.20. The summed E-state index contributed by atoms with van der Waals surface area (Å²) in [5, 5.41) is 12.6. The van der Waals surface area contributed by atoms with Crippen LogP contribution in [0.5, 0.6) is 0 Å². The average Bonchev–Trinajstić information content (AvgIpc) is 2.37. The van der Waals surface area contributed by atoms with Gasteiger partial charge in [-0.05, 0) is 37.1 Å². The van der Waals surface area contributed by atoms with Crippen molar-refractivity contribution in [1.82, 2.24) is 5.32 Å². The SMILES string of the molecule is CCN(C)c1ccc(CNCC(C)C)cc1C#N. The number of nitrogens with one attached hydrogen (secondary N) is 1. The van der Waals surface area contributed by atoms with E-state index in [9.17, 15) is 5.26 Å². The van der Waals surface area contributed by atoms with E-state index >= 15 is 0 Å². The van der Waals surface area contributed by atoms with E-state index in [1.165, 1.54) is 5.56 Å². The minimum Gasteiger partial charge on any atom is -0.374 e. The van der Waals surface area contributed by atoms with Crippen LogP contribution in [-0.4, -0.2) is 20.1 Å².